The molecule has 0 bridgehead atoms. The quantitative estimate of drug-likeness (QED) is 0.841. The number of carboxylic acid groups (broad SMARTS) is 1. The Labute approximate surface area is 118 Å². The van der Waals surface area contributed by atoms with Gasteiger partial charge in [0.1, 0.15) is 6.04 Å². The van der Waals surface area contributed by atoms with Crippen LogP contribution in [0.1, 0.15) is 11.1 Å². The van der Waals surface area contributed by atoms with Crippen molar-refractivity contribution in [1.29, 1.82) is 0 Å². The molecule has 2 aliphatic rings. The van der Waals surface area contributed by atoms with E-state index in [-0.39, 0.29) is 0 Å². The van der Waals surface area contributed by atoms with Crippen molar-refractivity contribution in [2.45, 2.75) is 25.0 Å². The van der Waals surface area contributed by atoms with Gasteiger partial charge < -0.3 is 15.2 Å². The first-order valence-corrected chi connectivity index (χ1v) is 7.09. The molecule has 1 saturated heterocycles. The summed E-state index contributed by atoms with van der Waals surface area (Å²) in [7, 11) is 0. The minimum atomic E-state index is -0.791. The van der Waals surface area contributed by atoms with Crippen LogP contribution in [0.25, 0.3) is 0 Å². The number of morpholine rings is 1. The van der Waals surface area contributed by atoms with Gasteiger partial charge in [0.25, 0.3) is 0 Å². The average Bonchev–Trinajstić information content (AvgIpc) is 2.47. The third kappa shape index (κ3) is 2.85. The fraction of sp³-hybridized carbons (Fsp3) is 0.533. The number of carboxylic acids is 1. The lowest BCUT2D eigenvalue weighted by Crippen LogP contribution is -2.55. The summed E-state index contributed by atoms with van der Waals surface area (Å²) < 4.78 is 5.28. The van der Waals surface area contributed by atoms with Crippen LogP contribution in [0, 0.1) is 0 Å². The van der Waals surface area contributed by atoms with E-state index < -0.39 is 12.0 Å². The summed E-state index contributed by atoms with van der Waals surface area (Å²) in [6.45, 7) is 3.22. The van der Waals surface area contributed by atoms with Crippen molar-refractivity contribution in [1.82, 2.24) is 10.2 Å². The predicted octanol–water partition coefficient (Wildman–Crippen LogP) is 0.486. The zero-order valence-corrected chi connectivity index (χ0v) is 11.4. The lowest BCUT2D eigenvalue weighted by molar-refractivity contribution is -0.149. The number of rotatable bonds is 3. The molecule has 1 aromatic carbocycles. The highest BCUT2D eigenvalue weighted by molar-refractivity contribution is 5.73. The molecule has 5 nitrogen and oxygen atoms in total. The Morgan fingerprint density at radius 3 is 3.00 bits per heavy atom. The molecule has 2 aliphatic heterocycles. The van der Waals surface area contributed by atoms with Crippen LogP contribution >= 0.6 is 0 Å². The number of ether oxygens (including phenoxy) is 1. The topological polar surface area (TPSA) is 61.8 Å². The summed E-state index contributed by atoms with van der Waals surface area (Å²) >= 11 is 0. The van der Waals surface area contributed by atoms with Gasteiger partial charge in [-0.05, 0) is 17.5 Å². The van der Waals surface area contributed by atoms with Crippen molar-refractivity contribution in [3.63, 3.8) is 0 Å². The zero-order chi connectivity index (χ0) is 13.9. The molecule has 2 atom stereocenters. The summed E-state index contributed by atoms with van der Waals surface area (Å²) in [4.78, 5) is 13.3. The Balaban J connectivity index is 1.65. The van der Waals surface area contributed by atoms with Gasteiger partial charge in [-0.25, -0.2) is 0 Å². The van der Waals surface area contributed by atoms with E-state index in [0.29, 0.717) is 25.8 Å². The van der Waals surface area contributed by atoms with Gasteiger partial charge in [-0.1, -0.05) is 24.3 Å². The van der Waals surface area contributed by atoms with Crippen LogP contribution in [0.2, 0.25) is 0 Å². The van der Waals surface area contributed by atoms with E-state index in [0.717, 1.165) is 19.5 Å². The molecule has 0 aliphatic carbocycles. The lowest BCUT2D eigenvalue weighted by Gasteiger charge is -2.37. The predicted molar refractivity (Wildman–Crippen MR) is 74.6 cm³/mol. The average molecular weight is 276 g/mol. The number of carbonyl (C=O) groups is 1. The normalized spacial score (nSPS) is 27.0. The molecule has 0 aromatic heterocycles. The number of nitrogens with one attached hydrogen (secondary N) is 1. The van der Waals surface area contributed by atoms with Crippen LogP contribution in [0.4, 0.5) is 0 Å². The first kappa shape index (κ1) is 13.5. The van der Waals surface area contributed by atoms with Gasteiger partial charge in [-0.2, -0.15) is 0 Å². The van der Waals surface area contributed by atoms with Gasteiger partial charge in [-0.3, -0.25) is 9.69 Å². The Bertz CT molecular complexity index is 492. The Morgan fingerprint density at radius 2 is 2.20 bits per heavy atom. The van der Waals surface area contributed by atoms with Crippen molar-refractivity contribution in [3.05, 3.63) is 35.4 Å². The van der Waals surface area contributed by atoms with Crippen molar-refractivity contribution < 1.29 is 14.6 Å². The van der Waals surface area contributed by atoms with Crippen LogP contribution in [0.3, 0.4) is 0 Å². The minimum Gasteiger partial charge on any atom is -0.480 e. The second-order valence-electron chi connectivity index (χ2n) is 5.47. The molecule has 20 heavy (non-hydrogen) atoms. The number of hydrogen-bond acceptors (Lipinski definition) is 4. The molecule has 1 aromatic rings. The Kier molecular flexibility index (Phi) is 4.00. The molecular formula is C15H20N2O3. The van der Waals surface area contributed by atoms with E-state index in [9.17, 15) is 9.90 Å². The summed E-state index contributed by atoms with van der Waals surface area (Å²) in [5, 5.41) is 12.8. The number of hydrogen-bond donors (Lipinski definition) is 2. The van der Waals surface area contributed by atoms with Crippen molar-refractivity contribution in [3.8, 4) is 0 Å². The minimum absolute atomic E-state index is 0.290. The Morgan fingerprint density at radius 1 is 1.40 bits per heavy atom. The van der Waals surface area contributed by atoms with Crippen LogP contribution < -0.4 is 5.32 Å². The van der Waals surface area contributed by atoms with Gasteiger partial charge >= 0.3 is 5.97 Å². The van der Waals surface area contributed by atoms with Crippen LogP contribution in [-0.4, -0.2) is 54.4 Å². The SMILES string of the molecule is O=C(O)C1COCCN1CC1Cc2ccccc2CN1. The van der Waals surface area contributed by atoms with Crippen molar-refractivity contribution >= 4 is 5.97 Å². The third-order valence-corrected chi connectivity index (χ3v) is 4.15. The standard InChI is InChI=1S/C15H20N2O3/c18-15(19)14-10-20-6-5-17(14)9-13-7-11-3-1-2-4-12(11)8-16-13/h1-4,13-14,16H,5-10H2,(H,18,19). The van der Waals surface area contributed by atoms with Gasteiger partial charge in [0.05, 0.1) is 13.2 Å². The Hall–Kier alpha value is -1.43. The maximum atomic E-state index is 11.3. The molecular weight excluding hydrogens is 256 g/mol. The zero-order valence-electron chi connectivity index (χ0n) is 11.4. The van der Waals surface area contributed by atoms with E-state index in [1.54, 1.807) is 0 Å². The molecule has 2 heterocycles. The number of benzene rings is 1. The number of aliphatic carboxylic acids is 1. The highest BCUT2D eigenvalue weighted by atomic mass is 16.5. The lowest BCUT2D eigenvalue weighted by atomic mass is 9.95. The van der Waals surface area contributed by atoms with Gasteiger partial charge in [0.2, 0.25) is 0 Å². The highest BCUT2D eigenvalue weighted by Gasteiger charge is 2.31. The van der Waals surface area contributed by atoms with Gasteiger partial charge in [0.15, 0.2) is 0 Å². The summed E-state index contributed by atoms with van der Waals surface area (Å²) in [6.07, 6.45) is 0.958. The van der Waals surface area contributed by atoms with E-state index >= 15 is 0 Å². The fourth-order valence-electron chi connectivity index (χ4n) is 3.02. The first-order valence-electron chi connectivity index (χ1n) is 7.09. The molecule has 0 radical (unpaired) electrons. The molecule has 2 unspecified atom stereocenters. The van der Waals surface area contributed by atoms with Crippen molar-refractivity contribution in [2.24, 2.45) is 0 Å². The van der Waals surface area contributed by atoms with Crippen molar-refractivity contribution in [2.75, 3.05) is 26.3 Å². The van der Waals surface area contributed by atoms with E-state index in [1.165, 1.54) is 11.1 Å². The second-order valence-corrected chi connectivity index (χ2v) is 5.47. The largest absolute Gasteiger partial charge is 0.480 e. The molecule has 2 N–H and O–H groups in total. The van der Waals surface area contributed by atoms with E-state index in [1.807, 2.05) is 4.90 Å². The number of nitrogens with zero attached hydrogens (tertiary/aromatic N) is 1. The molecule has 0 saturated carbocycles. The molecule has 3 rings (SSSR count). The van der Waals surface area contributed by atoms with E-state index in [4.69, 9.17) is 4.74 Å². The van der Waals surface area contributed by atoms with E-state index in [2.05, 4.69) is 29.6 Å². The molecule has 0 spiro atoms. The summed E-state index contributed by atoms with van der Waals surface area (Å²) in [5.74, 6) is -0.791. The smallest absolute Gasteiger partial charge is 0.323 e. The van der Waals surface area contributed by atoms with Gasteiger partial charge in [-0.15, -0.1) is 0 Å². The third-order valence-electron chi connectivity index (χ3n) is 4.15. The monoisotopic (exact) mass is 276 g/mol. The summed E-state index contributed by atoms with van der Waals surface area (Å²) in [5.41, 5.74) is 2.72. The molecule has 0 amide bonds. The first-order chi connectivity index (χ1) is 9.74. The molecule has 5 heteroatoms. The van der Waals surface area contributed by atoms with Gasteiger partial charge in [0, 0.05) is 25.7 Å². The van der Waals surface area contributed by atoms with Crippen LogP contribution in [-0.2, 0) is 22.5 Å². The van der Waals surface area contributed by atoms with Crippen LogP contribution in [0.5, 0.6) is 0 Å². The van der Waals surface area contributed by atoms with Crippen LogP contribution in [0.15, 0.2) is 24.3 Å². The molecule has 1 fully saturated rings. The second kappa shape index (κ2) is 5.91. The fourth-order valence-corrected chi connectivity index (χ4v) is 3.02. The summed E-state index contributed by atoms with van der Waals surface area (Å²) in [6, 6.07) is 8.23. The number of fused-ring (bicyclic) bond motifs is 1. The maximum absolute atomic E-state index is 11.3. The highest BCUT2D eigenvalue weighted by Crippen LogP contribution is 2.18. The molecule has 108 valence electrons. The maximum Gasteiger partial charge on any atom is 0.323 e.